The number of alkyl halides is 2. The number of ether oxygens (including phenoxy) is 1. The highest BCUT2D eigenvalue weighted by Gasteiger charge is 2.46. The summed E-state index contributed by atoms with van der Waals surface area (Å²) in [6.07, 6.45) is 2.41. The van der Waals surface area contributed by atoms with Gasteiger partial charge in [0.15, 0.2) is 0 Å². The molecule has 0 spiro atoms. The van der Waals surface area contributed by atoms with Gasteiger partial charge >= 0.3 is 5.97 Å². The van der Waals surface area contributed by atoms with Crippen LogP contribution in [0.5, 0.6) is 0 Å². The van der Waals surface area contributed by atoms with Gasteiger partial charge < -0.3 is 4.74 Å². The van der Waals surface area contributed by atoms with Crippen LogP contribution < -0.4 is 0 Å². The number of benzene rings is 1. The first-order chi connectivity index (χ1) is 8.40. The minimum Gasteiger partial charge on any atom is -0.468 e. The lowest BCUT2D eigenvalue weighted by atomic mass is 9.64. The second kappa shape index (κ2) is 4.34. The lowest BCUT2D eigenvalue weighted by molar-refractivity contribution is -0.151. The second-order valence-corrected chi connectivity index (χ2v) is 4.89. The van der Waals surface area contributed by atoms with Crippen molar-refractivity contribution in [3.05, 3.63) is 35.4 Å². The first-order valence-corrected chi connectivity index (χ1v) is 5.97. The van der Waals surface area contributed by atoms with Crippen LogP contribution in [0.25, 0.3) is 0 Å². The summed E-state index contributed by atoms with van der Waals surface area (Å²) >= 11 is 0. The minimum atomic E-state index is -2.85. The third-order valence-electron chi connectivity index (χ3n) is 3.73. The number of carbonyl (C=O) groups is 1. The van der Waals surface area contributed by atoms with Gasteiger partial charge in [0.05, 0.1) is 12.5 Å². The SMILES string of the molecule is COC(=O)C1(c2ccc(C(C)(F)F)cc2)CCC1. The summed E-state index contributed by atoms with van der Waals surface area (Å²) < 4.78 is 31.0. The van der Waals surface area contributed by atoms with Gasteiger partial charge in [0, 0.05) is 12.5 Å². The molecule has 1 aliphatic rings. The van der Waals surface area contributed by atoms with E-state index in [9.17, 15) is 13.6 Å². The van der Waals surface area contributed by atoms with E-state index >= 15 is 0 Å². The molecule has 2 nitrogen and oxygen atoms in total. The monoisotopic (exact) mass is 254 g/mol. The van der Waals surface area contributed by atoms with E-state index in [-0.39, 0.29) is 11.5 Å². The van der Waals surface area contributed by atoms with Crippen molar-refractivity contribution < 1.29 is 18.3 Å². The molecule has 98 valence electrons. The zero-order valence-electron chi connectivity index (χ0n) is 10.5. The van der Waals surface area contributed by atoms with Crippen LogP contribution in [0.2, 0.25) is 0 Å². The summed E-state index contributed by atoms with van der Waals surface area (Å²) in [5.74, 6) is -3.12. The molecule has 0 N–H and O–H groups in total. The molecule has 1 aromatic carbocycles. The van der Waals surface area contributed by atoms with Gasteiger partial charge in [0.25, 0.3) is 5.92 Å². The number of halogens is 2. The fraction of sp³-hybridized carbons (Fsp3) is 0.500. The van der Waals surface area contributed by atoms with Crippen molar-refractivity contribution in [1.29, 1.82) is 0 Å². The molecular weight excluding hydrogens is 238 g/mol. The van der Waals surface area contributed by atoms with Crippen molar-refractivity contribution in [2.75, 3.05) is 7.11 Å². The first kappa shape index (κ1) is 13.0. The Hall–Kier alpha value is -1.45. The van der Waals surface area contributed by atoms with Crippen LogP contribution in [0, 0.1) is 0 Å². The topological polar surface area (TPSA) is 26.3 Å². The Morgan fingerprint density at radius 3 is 2.17 bits per heavy atom. The third kappa shape index (κ3) is 2.00. The maximum absolute atomic E-state index is 13.1. The van der Waals surface area contributed by atoms with E-state index in [4.69, 9.17) is 4.74 Å². The third-order valence-corrected chi connectivity index (χ3v) is 3.73. The fourth-order valence-electron chi connectivity index (χ4n) is 2.42. The lowest BCUT2D eigenvalue weighted by Crippen LogP contribution is -2.43. The minimum absolute atomic E-state index is 0.0365. The van der Waals surface area contributed by atoms with Gasteiger partial charge in [-0.3, -0.25) is 4.79 Å². The quantitative estimate of drug-likeness (QED) is 0.773. The van der Waals surface area contributed by atoms with Crippen LogP contribution in [-0.4, -0.2) is 13.1 Å². The summed E-state index contributed by atoms with van der Waals surface area (Å²) in [7, 11) is 1.36. The van der Waals surface area contributed by atoms with Crippen molar-refractivity contribution in [2.45, 2.75) is 37.5 Å². The Morgan fingerprint density at radius 1 is 1.28 bits per heavy atom. The zero-order valence-corrected chi connectivity index (χ0v) is 10.5. The summed E-state index contributed by atoms with van der Waals surface area (Å²) in [6, 6.07) is 6.00. The van der Waals surface area contributed by atoms with Gasteiger partial charge in [0.2, 0.25) is 0 Å². The molecule has 1 aliphatic carbocycles. The number of carbonyl (C=O) groups excluding carboxylic acids is 1. The van der Waals surface area contributed by atoms with E-state index in [1.54, 1.807) is 12.1 Å². The highest BCUT2D eigenvalue weighted by atomic mass is 19.3. The van der Waals surface area contributed by atoms with Gasteiger partial charge in [-0.25, -0.2) is 8.78 Å². The Balaban J connectivity index is 2.31. The van der Waals surface area contributed by atoms with Crippen molar-refractivity contribution in [3.8, 4) is 0 Å². The molecule has 0 aliphatic heterocycles. The van der Waals surface area contributed by atoms with Crippen LogP contribution in [0.15, 0.2) is 24.3 Å². The summed E-state index contributed by atoms with van der Waals surface area (Å²) in [5.41, 5.74) is 0.121. The second-order valence-electron chi connectivity index (χ2n) is 4.89. The summed E-state index contributed by atoms with van der Waals surface area (Å²) in [5, 5.41) is 0. The fourth-order valence-corrected chi connectivity index (χ4v) is 2.42. The molecule has 0 saturated heterocycles. The Bertz CT molecular complexity index is 442. The lowest BCUT2D eigenvalue weighted by Gasteiger charge is -2.39. The van der Waals surface area contributed by atoms with Crippen LogP contribution in [0.4, 0.5) is 8.78 Å². The van der Waals surface area contributed by atoms with Gasteiger partial charge in [-0.1, -0.05) is 30.7 Å². The molecule has 0 radical (unpaired) electrons. The van der Waals surface area contributed by atoms with Crippen LogP contribution in [-0.2, 0) is 20.9 Å². The Labute approximate surface area is 105 Å². The number of hydrogen-bond acceptors (Lipinski definition) is 2. The molecule has 0 amide bonds. The number of rotatable bonds is 3. The van der Waals surface area contributed by atoms with Crippen LogP contribution in [0.1, 0.15) is 37.3 Å². The van der Waals surface area contributed by atoms with Gasteiger partial charge in [-0.05, 0) is 18.4 Å². The van der Waals surface area contributed by atoms with E-state index in [1.165, 1.54) is 19.2 Å². The average molecular weight is 254 g/mol. The summed E-state index contributed by atoms with van der Waals surface area (Å²) in [4.78, 5) is 11.8. The standard InChI is InChI=1S/C14H16F2O2/c1-13(15,16)10-4-6-11(7-5-10)14(8-3-9-14)12(17)18-2/h4-7H,3,8-9H2,1-2H3. The van der Waals surface area contributed by atoms with E-state index in [1.807, 2.05) is 0 Å². The molecule has 0 bridgehead atoms. The molecule has 18 heavy (non-hydrogen) atoms. The maximum atomic E-state index is 13.1. The molecule has 0 atom stereocenters. The van der Waals surface area contributed by atoms with E-state index in [0.29, 0.717) is 0 Å². The molecule has 0 unspecified atom stereocenters. The zero-order chi connectivity index (χ0) is 13.4. The Kier molecular flexibility index (Phi) is 3.13. The van der Waals surface area contributed by atoms with Crippen molar-refractivity contribution in [2.24, 2.45) is 0 Å². The Morgan fingerprint density at radius 2 is 1.83 bits per heavy atom. The number of methoxy groups -OCH3 is 1. The van der Waals surface area contributed by atoms with Crippen molar-refractivity contribution in [1.82, 2.24) is 0 Å². The highest BCUT2D eigenvalue weighted by Crippen LogP contribution is 2.45. The molecular formula is C14H16F2O2. The average Bonchev–Trinajstić information content (AvgIpc) is 2.27. The van der Waals surface area contributed by atoms with E-state index < -0.39 is 11.3 Å². The largest absolute Gasteiger partial charge is 0.468 e. The molecule has 0 heterocycles. The predicted octanol–water partition coefficient (Wildman–Crippen LogP) is 3.39. The molecule has 0 aromatic heterocycles. The van der Waals surface area contributed by atoms with Gasteiger partial charge in [0.1, 0.15) is 0 Å². The van der Waals surface area contributed by atoms with Crippen LogP contribution >= 0.6 is 0 Å². The van der Waals surface area contributed by atoms with E-state index in [0.717, 1.165) is 31.7 Å². The maximum Gasteiger partial charge on any atom is 0.316 e. The van der Waals surface area contributed by atoms with Gasteiger partial charge in [-0.15, -0.1) is 0 Å². The van der Waals surface area contributed by atoms with Crippen LogP contribution in [0.3, 0.4) is 0 Å². The van der Waals surface area contributed by atoms with Crippen molar-refractivity contribution in [3.63, 3.8) is 0 Å². The highest BCUT2D eigenvalue weighted by molar-refractivity contribution is 5.84. The van der Waals surface area contributed by atoms with E-state index in [2.05, 4.69) is 0 Å². The van der Waals surface area contributed by atoms with Gasteiger partial charge in [-0.2, -0.15) is 0 Å². The molecule has 4 heteroatoms. The molecule has 2 rings (SSSR count). The molecule has 1 aromatic rings. The normalized spacial score (nSPS) is 18.0. The van der Waals surface area contributed by atoms with Crippen molar-refractivity contribution >= 4 is 5.97 Å². The first-order valence-electron chi connectivity index (χ1n) is 5.97. The predicted molar refractivity (Wildman–Crippen MR) is 63.6 cm³/mol. The molecule has 1 saturated carbocycles. The smallest absolute Gasteiger partial charge is 0.316 e. The number of esters is 1. The molecule has 1 fully saturated rings. The summed E-state index contributed by atoms with van der Waals surface area (Å²) in [6.45, 7) is 0.863. The number of hydrogen-bond donors (Lipinski definition) is 0.